The maximum absolute atomic E-state index is 12.9. The number of carbonyl (C=O) groups is 1. The smallest absolute Gasteiger partial charge is 0.145 e. The fourth-order valence-electron chi connectivity index (χ4n) is 6.77. The summed E-state index contributed by atoms with van der Waals surface area (Å²) >= 11 is 0. The van der Waals surface area contributed by atoms with E-state index in [9.17, 15) is 9.90 Å². The van der Waals surface area contributed by atoms with E-state index in [1.54, 1.807) is 12.3 Å². The lowest BCUT2D eigenvalue weighted by Gasteiger charge is -2.31. The van der Waals surface area contributed by atoms with Gasteiger partial charge in [0.2, 0.25) is 0 Å². The van der Waals surface area contributed by atoms with Crippen molar-refractivity contribution < 1.29 is 9.90 Å². The van der Waals surface area contributed by atoms with Gasteiger partial charge in [-0.3, -0.25) is 9.79 Å². The van der Waals surface area contributed by atoms with E-state index in [1.807, 2.05) is 72.9 Å². The third kappa shape index (κ3) is 16.7. The van der Waals surface area contributed by atoms with E-state index in [2.05, 4.69) is 78.3 Å². The van der Waals surface area contributed by atoms with Crippen LogP contribution < -0.4 is 5.32 Å². The lowest BCUT2D eigenvalue weighted by Crippen LogP contribution is -2.33. The van der Waals surface area contributed by atoms with Gasteiger partial charge in [-0.1, -0.05) is 133 Å². The van der Waals surface area contributed by atoms with Gasteiger partial charge in [0.05, 0.1) is 11.4 Å². The topological polar surface area (TPSA) is 87.5 Å². The molecule has 1 aliphatic carbocycles. The van der Waals surface area contributed by atoms with Gasteiger partial charge in [-0.2, -0.15) is 0 Å². The highest BCUT2D eigenvalue weighted by Crippen LogP contribution is 2.36. The molecule has 312 valence electrons. The monoisotopic (exact) mass is 769 g/mol. The normalized spacial score (nSPS) is 14.9. The van der Waals surface area contributed by atoms with Crippen molar-refractivity contribution in [2.75, 3.05) is 5.32 Å². The first-order valence-electron chi connectivity index (χ1n) is 21.7. The van der Waals surface area contributed by atoms with Crippen LogP contribution in [0.3, 0.4) is 0 Å². The number of anilines is 2. The number of hydrogen-bond donors (Lipinski definition) is 2. The molecule has 0 unspecified atom stereocenters. The van der Waals surface area contributed by atoms with Gasteiger partial charge >= 0.3 is 0 Å². The van der Waals surface area contributed by atoms with Gasteiger partial charge in [-0.25, -0.2) is 9.97 Å². The number of hydrogen-bond acceptors (Lipinski definition) is 6. The lowest BCUT2D eigenvalue weighted by atomic mass is 9.74. The minimum atomic E-state index is -0.578. The highest BCUT2D eigenvalue weighted by Gasteiger charge is 2.32. The summed E-state index contributed by atoms with van der Waals surface area (Å²) in [7, 11) is 0. The molecule has 0 amide bonds. The van der Waals surface area contributed by atoms with Crippen LogP contribution in [0, 0.1) is 44.4 Å². The zero-order valence-electron chi connectivity index (χ0n) is 38.3. The van der Waals surface area contributed by atoms with Gasteiger partial charge < -0.3 is 10.4 Å². The number of aromatic nitrogens is 2. The summed E-state index contributed by atoms with van der Waals surface area (Å²) in [6.07, 6.45) is 16.9. The molecule has 4 rings (SSSR count). The Morgan fingerprint density at radius 3 is 2.02 bits per heavy atom. The second-order valence-electron chi connectivity index (χ2n) is 17.4. The van der Waals surface area contributed by atoms with Crippen molar-refractivity contribution in [2.24, 2.45) is 28.7 Å². The molecule has 0 saturated heterocycles. The molecule has 0 spiro atoms. The molecule has 0 bridgehead atoms. The average molecular weight is 769 g/mol. The van der Waals surface area contributed by atoms with E-state index < -0.39 is 5.41 Å². The van der Waals surface area contributed by atoms with Crippen molar-refractivity contribution in [1.82, 2.24) is 9.97 Å². The number of pyridine rings is 2. The van der Waals surface area contributed by atoms with E-state index in [-0.39, 0.29) is 17.5 Å². The number of benzene rings is 1. The molecule has 2 N–H and O–H groups in total. The number of rotatable bonds is 15. The summed E-state index contributed by atoms with van der Waals surface area (Å²) in [5, 5.41) is 13.3. The summed E-state index contributed by atoms with van der Waals surface area (Å²) < 4.78 is 0. The summed E-state index contributed by atoms with van der Waals surface area (Å²) in [5.41, 5.74) is 6.37. The number of nitrogens with zero attached hydrogens (tertiary/aromatic N) is 3. The molecule has 0 radical (unpaired) electrons. The fourth-order valence-corrected chi connectivity index (χ4v) is 6.77. The maximum Gasteiger partial charge on any atom is 0.145 e. The van der Waals surface area contributed by atoms with Gasteiger partial charge in [0.1, 0.15) is 23.2 Å². The van der Waals surface area contributed by atoms with Crippen molar-refractivity contribution in [1.29, 1.82) is 0 Å². The number of aliphatic hydroxyl groups excluding tert-OH is 1. The van der Waals surface area contributed by atoms with Crippen molar-refractivity contribution in [3.05, 3.63) is 70.9 Å². The molecule has 6 nitrogen and oxygen atoms in total. The molecule has 0 atom stereocenters. The van der Waals surface area contributed by atoms with Gasteiger partial charge in [0.25, 0.3) is 0 Å². The summed E-state index contributed by atoms with van der Waals surface area (Å²) in [6.45, 7) is 35.2. The minimum Gasteiger partial charge on any atom is -0.508 e. The number of ketones is 1. The Morgan fingerprint density at radius 2 is 1.55 bits per heavy atom. The van der Waals surface area contributed by atoms with E-state index in [1.165, 1.54) is 51.4 Å². The van der Waals surface area contributed by atoms with E-state index in [0.29, 0.717) is 17.2 Å². The molecular weight excluding hydrogens is 689 g/mol. The fraction of sp³-hybridized carbons (Fsp3) is 0.600. The second-order valence-corrected chi connectivity index (χ2v) is 17.4. The molecule has 3 aromatic rings. The predicted molar refractivity (Wildman–Crippen MR) is 246 cm³/mol. The van der Waals surface area contributed by atoms with Crippen molar-refractivity contribution in [3.63, 3.8) is 0 Å². The van der Waals surface area contributed by atoms with Crippen molar-refractivity contribution in [2.45, 2.75) is 173 Å². The summed E-state index contributed by atoms with van der Waals surface area (Å²) in [6, 6.07) is 9.91. The molecule has 1 aromatic carbocycles. The first-order chi connectivity index (χ1) is 26.3. The maximum atomic E-state index is 12.9. The highest BCUT2D eigenvalue weighted by atomic mass is 16.3. The Labute approximate surface area is 343 Å². The third-order valence-corrected chi connectivity index (χ3v) is 10.1. The number of aryl methyl sites for hydroxylation is 2. The number of carbonyl (C=O) groups excluding carboxylic acids is 1. The van der Waals surface area contributed by atoms with E-state index in [0.717, 1.165) is 69.8 Å². The zero-order chi connectivity index (χ0) is 42.6. The SMILES string of the molecule is C=C(O)c1cc(Nc2nc(-c3ccc(C(C)(C)C(=O)C(C)C)c(C)c3)cc(N=CCCC)c2C)ncc1C.CC(C)C.CCC1CC(C)C1.CCCCCCC. The van der Waals surface area contributed by atoms with Crippen LogP contribution in [-0.4, -0.2) is 27.1 Å². The molecular formula is C50H80N4O2. The molecule has 2 aromatic heterocycles. The Bertz CT molecular complexity index is 1660. The first kappa shape index (κ1) is 50.2. The van der Waals surface area contributed by atoms with E-state index >= 15 is 0 Å². The zero-order valence-corrected chi connectivity index (χ0v) is 38.3. The van der Waals surface area contributed by atoms with Crippen LogP contribution >= 0.6 is 0 Å². The molecule has 0 aliphatic heterocycles. The quantitative estimate of drug-likeness (QED) is 0.0913. The van der Waals surface area contributed by atoms with Crippen molar-refractivity contribution in [3.8, 4) is 11.3 Å². The molecule has 6 heteroatoms. The molecule has 1 aliphatic rings. The predicted octanol–water partition coefficient (Wildman–Crippen LogP) is 15.4. The molecule has 1 fully saturated rings. The molecule has 1 saturated carbocycles. The Kier molecular flexibility index (Phi) is 22.8. The summed E-state index contributed by atoms with van der Waals surface area (Å²) in [5.74, 6) is 4.33. The van der Waals surface area contributed by atoms with Gasteiger partial charge in [0.15, 0.2) is 0 Å². The largest absolute Gasteiger partial charge is 0.508 e. The minimum absolute atomic E-state index is 0.00864. The summed E-state index contributed by atoms with van der Waals surface area (Å²) in [4.78, 5) is 27.1. The number of aliphatic imine (C=N–C) groups is 1. The number of nitrogens with one attached hydrogen (secondary N) is 1. The van der Waals surface area contributed by atoms with Gasteiger partial charge in [-0.05, 0) is 107 Å². The van der Waals surface area contributed by atoms with Crippen LogP contribution in [0.4, 0.5) is 17.3 Å². The average Bonchev–Trinajstić information content (AvgIpc) is 3.12. The van der Waals surface area contributed by atoms with Crippen molar-refractivity contribution >= 4 is 35.1 Å². The number of aliphatic hydroxyl groups is 1. The Balaban J connectivity index is 0.000000713. The number of unbranched alkanes of at least 4 members (excludes halogenated alkanes) is 5. The molecule has 56 heavy (non-hydrogen) atoms. The van der Waals surface area contributed by atoms with Gasteiger partial charge in [-0.15, -0.1) is 0 Å². The third-order valence-electron chi connectivity index (χ3n) is 10.1. The lowest BCUT2D eigenvalue weighted by molar-refractivity contribution is -0.126. The van der Waals surface area contributed by atoms with Crippen LogP contribution in [0.2, 0.25) is 0 Å². The Morgan fingerprint density at radius 1 is 0.946 bits per heavy atom. The molecule has 2 heterocycles. The van der Waals surface area contributed by atoms with E-state index in [4.69, 9.17) is 9.98 Å². The second kappa shape index (κ2) is 25.5. The van der Waals surface area contributed by atoms with Gasteiger partial charge in [0, 0.05) is 40.4 Å². The van der Waals surface area contributed by atoms with Crippen LogP contribution in [0.5, 0.6) is 0 Å². The van der Waals surface area contributed by atoms with Crippen LogP contribution in [0.15, 0.2) is 48.1 Å². The van der Waals surface area contributed by atoms with Crippen LogP contribution in [0.25, 0.3) is 17.0 Å². The van der Waals surface area contributed by atoms with Crippen LogP contribution in [-0.2, 0) is 10.2 Å². The highest BCUT2D eigenvalue weighted by molar-refractivity contribution is 5.91. The standard InChI is InChI=1S/C32H40N4O2.C7H14.C7H16.C4H10/c1-10-11-14-33-27-17-28(24-12-13-26(20(4)15-24)32(8,9)30(38)19(2)3)35-31(22(27)6)36-29-16-25(23(7)37)21(5)18-34-29;1-3-7-4-6(2)5-7;1-3-5-7-6-4-2;1-4(2)3/h12-19,37H,7,10-11H2,1-6,8-9H3,(H,34,35,36);6-7H,3-5H2,1-2H3;3-7H2,1-2H3;4H,1-3H3. The number of Topliss-reactive ketones (excluding diaryl/α,β-unsaturated/α-hetero) is 1. The Hall–Kier alpha value is -3.80. The van der Waals surface area contributed by atoms with Crippen LogP contribution in [0.1, 0.15) is 175 Å². The first-order valence-corrected chi connectivity index (χ1v) is 21.7.